The van der Waals surface area contributed by atoms with Gasteiger partial charge in [-0.15, -0.1) is 0 Å². The summed E-state index contributed by atoms with van der Waals surface area (Å²) >= 11 is 0. The van der Waals surface area contributed by atoms with E-state index in [0.717, 1.165) is 45.3 Å². The first-order valence-electron chi connectivity index (χ1n) is 7.51. The minimum Gasteiger partial charge on any atom is -0.481 e. The summed E-state index contributed by atoms with van der Waals surface area (Å²) in [7, 11) is 0. The second-order valence-corrected chi connectivity index (χ2v) is 6.40. The van der Waals surface area contributed by atoms with E-state index in [-0.39, 0.29) is 0 Å². The van der Waals surface area contributed by atoms with Gasteiger partial charge in [0.15, 0.2) is 0 Å². The van der Waals surface area contributed by atoms with Gasteiger partial charge in [-0.1, -0.05) is 24.3 Å². The van der Waals surface area contributed by atoms with Crippen LogP contribution in [0.2, 0.25) is 0 Å². The maximum absolute atomic E-state index is 11.1. The third kappa shape index (κ3) is 3.83. The van der Waals surface area contributed by atoms with E-state index in [1.807, 2.05) is 13.8 Å². The summed E-state index contributed by atoms with van der Waals surface area (Å²) in [5.74, 6) is -0.694. The molecule has 0 amide bonds. The smallest absolute Gasteiger partial charge is 0.309 e. The van der Waals surface area contributed by atoms with E-state index >= 15 is 0 Å². The average Bonchev–Trinajstić information content (AvgIpc) is 2.61. The normalized spacial score (nSPS) is 16.5. The van der Waals surface area contributed by atoms with Gasteiger partial charge < -0.3 is 10.0 Å². The molecule has 1 aliphatic heterocycles. The van der Waals surface area contributed by atoms with Crippen molar-refractivity contribution in [1.82, 2.24) is 4.90 Å². The molecule has 1 aromatic rings. The Bertz CT molecular complexity index is 441. The molecule has 3 heteroatoms. The quantitative estimate of drug-likeness (QED) is 0.898. The Labute approximate surface area is 121 Å². The summed E-state index contributed by atoms with van der Waals surface area (Å²) in [6, 6.07) is 8.69. The zero-order valence-corrected chi connectivity index (χ0v) is 12.6. The van der Waals surface area contributed by atoms with Gasteiger partial charge in [0.25, 0.3) is 0 Å². The lowest BCUT2D eigenvalue weighted by Crippen LogP contribution is -2.30. The Morgan fingerprint density at radius 3 is 2.25 bits per heavy atom. The minimum absolute atomic E-state index is 0.602. The molecule has 2 rings (SSSR count). The van der Waals surface area contributed by atoms with Gasteiger partial charge in [0.2, 0.25) is 0 Å². The molecule has 0 spiro atoms. The van der Waals surface area contributed by atoms with Crippen LogP contribution in [0.3, 0.4) is 0 Å². The highest BCUT2D eigenvalue weighted by Crippen LogP contribution is 2.23. The Kier molecular flexibility index (Phi) is 4.81. The van der Waals surface area contributed by atoms with Crippen LogP contribution in [0.15, 0.2) is 24.3 Å². The lowest BCUT2D eigenvalue weighted by atomic mass is 9.88. The first kappa shape index (κ1) is 15.0. The Hall–Kier alpha value is -1.35. The second kappa shape index (κ2) is 6.40. The fourth-order valence-electron chi connectivity index (χ4n) is 2.79. The molecule has 0 saturated carbocycles. The molecule has 0 aromatic heterocycles. The third-order valence-electron chi connectivity index (χ3n) is 4.37. The fourth-order valence-corrected chi connectivity index (χ4v) is 2.79. The Morgan fingerprint density at radius 1 is 1.20 bits per heavy atom. The highest BCUT2D eigenvalue weighted by Gasteiger charge is 2.26. The van der Waals surface area contributed by atoms with Crippen LogP contribution in [0.4, 0.5) is 0 Å². The molecule has 0 atom stereocenters. The van der Waals surface area contributed by atoms with Gasteiger partial charge in [0.05, 0.1) is 5.41 Å². The maximum atomic E-state index is 11.1. The largest absolute Gasteiger partial charge is 0.481 e. The average molecular weight is 275 g/mol. The van der Waals surface area contributed by atoms with Gasteiger partial charge in [-0.3, -0.25) is 4.79 Å². The van der Waals surface area contributed by atoms with E-state index in [2.05, 4.69) is 29.2 Å². The summed E-state index contributed by atoms with van der Waals surface area (Å²) in [5, 5.41) is 9.13. The number of carbonyl (C=O) groups is 1. The molecule has 1 aliphatic rings. The number of nitrogens with zero attached hydrogens (tertiary/aromatic N) is 1. The maximum Gasteiger partial charge on any atom is 0.309 e. The van der Waals surface area contributed by atoms with Crippen molar-refractivity contribution in [2.45, 2.75) is 39.5 Å². The molecular formula is C17H25NO2. The SMILES string of the molecule is CC(C)(CCCN1CCc2ccccc2CC1)C(=O)O. The van der Waals surface area contributed by atoms with Crippen molar-refractivity contribution in [2.75, 3.05) is 19.6 Å². The number of hydrogen-bond donors (Lipinski definition) is 1. The topological polar surface area (TPSA) is 40.5 Å². The van der Waals surface area contributed by atoms with Gasteiger partial charge >= 0.3 is 5.97 Å². The van der Waals surface area contributed by atoms with Crippen molar-refractivity contribution < 1.29 is 9.90 Å². The van der Waals surface area contributed by atoms with Crippen LogP contribution < -0.4 is 0 Å². The van der Waals surface area contributed by atoms with Crippen molar-refractivity contribution in [3.05, 3.63) is 35.4 Å². The molecule has 1 heterocycles. The van der Waals surface area contributed by atoms with Crippen molar-refractivity contribution in [1.29, 1.82) is 0 Å². The molecule has 0 bridgehead atoms. The second-order valence-electron chi connectivity index (χ2n) is 6.40. The number of carboxylic acids is 1. The van der Waals surface area contributed by atoms with Crippen LogP contribution in [0.1, 0.15) is 37.8 Å². The molecule has 0 radical (unpaired) electrons. The number of benzene rings is 1. The first-order valence-corrected chi connectivity index (χ1v) is 7.51. The number of rotatable bonds is 5. The Morgan fingerprint density at radius 2 is 1.75 bits per heavy atom. The standard InChI is InChI=1S/C17H25NO2/c1-17(2,16(19)20)10-5-11-18-12-8-14-6-3-4-7-15(14)9-13-18/h3-4,6-7H,5,8-13H2,1-2H3,(H,19,20). The molecule has 0 fully saturated rings. The number of aliphatic carboxylic acids is 1. The number of carboxylic acid groups (broad SMARTS) is 1. The summed E-state index contributed by atoms with van der Waals surface area (Å²) < 4.78 is 0. The lowest BCUT2D eigenvalue weighted by Gasteiger charge is -2.23. The molecule has 0 saturated heterocycles. The molecule has 20 heavy (non-hydrogen) atoms. The van der Waals surface area contributed by atoms with E-state index in [0.29, 0.717) is 0 Å². The Balaban J connectivity index is 1.81. The van der Waals surface area contributed by atoms with E-state index in [9.17, 15) is 4.79 Å². The summed E-state index contributed by atoms with van der Waals surface area (Å²) in [6.07, 6.45) is 3.92. The van der Waals surface area contributed by atoms with Crippen molar-refractivity contribution in [2.24, 2.45) is 5.41 Å². The summed E-state index contributed by atoms with van der Waals surface area (Å²) in [5.41, 5.74) is 2.34. The van der Waals surface area contributed by atoms with Gasteiger partial charge in [0.1, 0.15) is 0 Å². The minimum atomic E-state index is -0.694. The summed E-state index contributed by atoms with van der Waals surface area (Å²) in [6.45, 7) is 6.81. The molecule has 110 valence electrons. The summed E-state index contributed by atoms with van der Waals surface area (Å²) in [4.78, 5) is 13.6. The number of hydrogen-bond acceptors (Lipinski definition) is 2. The van der Waals surface area contributed by atoms with E-state index in [1.54, 1.807) is 0 Å². The molecule has 3 nitrogen and oxygen atoms in total. The predicted octanol–water partition coefficient (Wildman–Crippen LogP) is 2.98. The highest BCUT2D eigenvalue weighted by atomic mass is 16.4. The highest BCUT2D eigenvalue weighted by molar-refractivity contribution is 5.73. The van der Waals surface area contributed by atoms with Crippen LogP contribution in [-0.4, -0.2) is 35.6 Å². The molecule has 0 aliphatic carbocycles. The predicted molar refractivity (Wildman–Crippen MR) is 80.9 cm³/mol. The first-order chi connectivity index (χ1) is 9.49. The van der Waals surface area contributed by atoms with Gasteiger partial charge in [-0.05, 0) is 57.2 Å². The lowest BCUT2D eigenvalue weighted by molar-refractivity contribution is -0.147. The zero-order chi connectivity index (χ0) is 14.6. The van der Waals surface area contributed by atoms with Crippen molar-refractivity contribution >= 4 is 5.97 Å². The molecule has 1 aromatic carbocycles. The van der Waals surface area contributed by atoms with Crippen molar-refractivity contribution in [3.8, 4) is 0 Å². The zero-order valence-electron chi connectivity index (χ0n) is 12.6. The van der Waals surface area contributed by atoms with Crippen LogP contribution in [0.25, 0.3) is 0 Å². The van der Waals surface area contributed by atoms with Crippen LogP contribution in [0.5, 0.6) is 0 Å². The van der Waals surface area contributed by atoms with Crippen LogP contribution in [-0.2, 0) is 17.6 Å². The molecule has 1 N–H and O–H groups in total. The molecule has 0 unspecified atom stereocenters. The van der Waals surface area contributed by atoms with Gasteiger partial charge in [0, 0.05) is 13.1 Å². The molecular weight excluding hydrogens is 250 g/mol. The van der Waals surface area contributed by atoms with Gasteiger partial charge in [-0.2, -0.15) is 0 Å². The number of fused-ring (bicyclic) bond motifs is 1. The fraction of sp³-hybridized carbons (Fsp3) is 0.588. The van der Waals surface area contributed by atoms with E-state index < -0.39 is 11.4 Å². The third-order valence-corrected chi connectivity index (χ3v) is 4.37. The van der Waals surface area contributed by atoms with E-state index in [1.165, 1.54) is 11.1 Å². The van der Waals surface area contributed by atoms with Crippen molar-refractivity contribution in [3.63, 3.8) is 0 Å². The van der Waals surface area contributed by atoms with Crippen LogP contribution >= 0.6 is 0 Å². The van der Waals surface area contributed by atoms with E-state index in [4.69, 9.17) is 5.11 Å². The van der Waals surface area contributed by atoms with Crippen LogP contribution in [0, 0.1) is 5.41 Å². The monoisotopic (exact) mass is 275 g/mol. The van der Waals surface area contributed by atoms with Gasteiger partial charge in [-0.25, -0.2) is 0 Å².